The normalized spacial score (nSPS) is 12.5. The summed E-state index contributed by atoms with van der Waals surface area (Å²) in [5, 5.41) is 7.15. The van der Waals surface area contributed by atoms with E-state index < -0.39 is 37.3 Å². The zero-order valence-electron chi connectivity index (χ0n) is 9.93. The molecule has 106 valence electrons. The molecule has 0 heterocycles. The molecule has 0 atom stereocenters. The zero-order valence-corrected chi connectivity index (χ0v) is 11.7. The summed E-state index contributed by atoms with van der Waals surface area (Å²) in [7, 11) is -9.97. The molecule has 0 spiro atoms. The fourth-order valence-corrected chi connectivity index (χ4v) is 4.19. The third kappa shape index (κ3) is 3.12. The predicted octanol–water partition coefficient (Wildman–Crippen LogP) is -0.392. The van der Waals surface area contributed by atoms with Crippen molar-refractivity contribution in [2.24, 2.45) is 0 Å². The number of aromatic carboxylic acids is 1. The van der Waals surface area contributed by atoms with Crippen molar-refractivity contribution < 1.29 is 38.6 Å². The van der Waals surface area contributed by atoms with Gasteiger partial charge in [0.25, 0.3) is 0 Å². The molecule has 0 unspecified atom stereocenters. The number of benzene rings is 1. The van der Waals surface area contributed by atoms with Crippen LogP contribution in [0.25, 0.3) is 0 Å². The van der Waals surface area contributed by atoms with E-state index >= 15 is 0 Å². The minimum atomic E-state index is -5.02. The van der Waals surface area contributed by atoms with Crippen LogP contribution in [0.15, 0.2) is 6.07 Å². The summed E-state index contributed by atoms with van der Waals surface area (Å²) in [5.74, 6) is -1.44. The molecule has 0 aliphatic carbocycles. The van der Waals surface area contributed by atoms with Gasteiger partial charge in [0.05, 0.1) is 16.2 Å². The van der Waals surface area contributed by atoms with Crippen molar-refractivity contribution in [3.8, 4) is 0 Å². The molecule has 0 bridgehead atoms. The lowest BCUT2D eigenvalue weighted by Crippen LogP contribution is -2.30. The molecule has 19 heavy (non-hydrogen) atoms. The number of hydrogen-bond acceptors (Lipinski definition) is 3. The minimum absolute atomic E-state index is 0.0445. The smallest absolute Gasteiger partial charge is 0.357 e. The lowest BCUT2D eigenvalue weighted by atomic mass is 10.0. The molecule has 5 N–H and O–H groups in total. The number of carboxylic acids is 1. The van der Waals surface area contributed by atoms with Crippen molar-refractivity contribution in [3.05, 3.63) is 22.8 Å². The Kier molecular flexibility index (Phi) is 4.08. The Bertz CT molecular complexity index is 638. The van der Waals surface area contributed by atoms with Crippen molar-refractivity contribution in [1.29, 1.82) is 0 Å². The van der Waals surface area contributed by atoms with Crippen LogP contribution in [0, 0.1) is 13.8 Å². The van der Waals surface area contributed by atoms with E-state index in [1.807, 2.05) is 0 Å². The van der Waals surface area contributed by atoms with E-state index in [1.54, 1.807) is 0 Å². The van der Waals surface area contributed by atoms with Crippen LogP contribution in [-0.4, -0.2) is 30.6 Å². The standard InChI is InChI=1S/C9H12O8P2/c1-4-5(2)8(19(15,16)17)7(18(12,13)14)3-6(4)9(10)11/h3H,1-2H3,(H,10,11)(H2,12,13,14)(H2,15,16,17). The predicted molar refractivity (Wildman–Crippen MR) is 66.2 cm³/mol. The van der Waals surface area contributed by atoms with E-state index in [-0.39, 0.29) is 11.1 Å². The van der Waals surface area contributed by atoms with Crippen molar-refractivity contribution in [1.82, 2.24) is 0 Å². The molecule has 0 aromatic heterocycles. The SMILES string of the molecule is Cc1c(C(=O)O)cc(P(=O)(O)O)c(P(=O)(O)O)c1C. The number of carbonyl (C=O) groups is 1. The molecule has 10 heteroatoms. The Morgan fingerprint density at radius 2 is 1.47 bits per heavy atom. The van der Waals surface area contributed by atoms with Crippen molar-refractivity contribution in [3.63, 3.8) is 0 Å². The number of hydrogen-bond donors (Lipinski definition) is 5. The highest BCUT2D eigenvalue weighted by Gasteiger charge is 2.35. The lowest BCUT2D eigenvalue weighted by molar-refractivity contribution is 0.0696. The summed E-state index contributed by atoms with van der Waals surface area (Å²) < 4.78 is 22.7. The monoisotopic (exact) mass is 310 g/mol. The van der Waals surface area contributed by atoms with Gasteiger partial charge in [-0.2, -0.15) is 0 Å². The van der Waals surface area contributed by atoms with Crippen LogP contribution < -0.4 is 10.6 Å². The molecule has 1 aromatic rings. The Morgan fingerprint density at radius 3 is 1.79 bits per heavy atom. The van der Waals surface area contributed by atoms with Crippen LogP contribution in [-0.2, 0) is 9.13 Å². The van der Waals surface area contributed by atoms with Crippen molar-refractivity contribution in [2.45, 2.75) is 13.8 Å². The first kappa shape index (κ1) is 16.0. The maximum atomic E-state index is 11.4. The summed E-state index contributed by atoms with van der Waals surface area (Å²) >= 11 is 0. The van der Waals surface area contributed by atoms with Crippen LogP contribution in [0.5, 0.6) is 0 Å². The van der Waals surface area contributed by atoms with Gasteiger partial charge in [-0.3, -0.25) is 9.13 Å². The second-order valence-corrected chi connectivity index (χ2v) is 7.04. The molecular weight excluding hydrogens is 298 g/mol. The second-order valence-electron chi connectivity index (χ2n) is 3.94. The van der Waals surface area contributed by atoms with E-state index in [2.05, 4.69) is 0 Å². The maximum Gasteiger partial charge on any atom is 0.357 e. The summed E-state index contributed by atoms with van der Waals surface area (Å²) in [6, 6.07) is 0.611. The first-order valence-corrected chi connectivity index (χ1v) is 8.09. The van der Waals surface area contributed by atoms with E-state index in [4.69, 9.17) is 14.9 Å². The zero-order chi connectivity index (χ0) is 15.2. The first-order chi connectivity index (χ1) is 8.37. The van der Waals surface area contributed by atoms with E-state index in [0.717, 1.165) is 0 Å². The lowest BCUT2D eigenvalue weighted by Gasteiger charge is -2.18. The molecule has 0 fully saturated rings. The largest absolute Gasteiger partial charge is 0.478 e. The Balaban J connectivity index is 3.94. The van der Waals surface area contributed by atoms with Crippen molar-refractivity contribution in [2.75, 3.05) is 0 Å². The number of rotatable bonds is 3. The highest BCUT2D eigenvalue weighted by Crippen LogP contribution is 2.42. The van der Waals surface area contributed by atoms with E-state index in [1.165, 1.54) is 13.8 Å². The molecule has 0 radical (unpaired) electrons. The Hall–Kier alpha value is -1.01. The molecule has 0 aliphatic heterocycles. The minimum Gasteiger partial charge on any atom is -0.478 e. The molecule has 0 amide bonds. The third-order valence-corrected chi connectivity index (χ3v) is 5.00. The third-order valence-electron chi connectivity index (χ3n) is 2.68. The highest BCUT2D eigenvalue weighted by atomic mass is 31.2. The van der Waals surface area contributed by atoms with Gasteiger partial charge in [-0.15, -0.1) is 0 Å². The van der Waals surface area contributed by atoms with Crippen molar-refractivity contribution >= 4 is 31.8 Å². The topological polar surface area (TPSA) is 152 Å². The Labute approximate surface area is 108 Å². The fourth-order valence-electron chi connectivity index (χ4n) is 1.70. The summed E-state index contributed by atoms with van der Waals surface area (Å²) in [6.45, 7) is 2.51. The van der Waals surface area contributed by atoms with Gasteiger partial charge in [-0.05, 0) is 31.0 Å². The van der Waals surface area contributed by atoms with Gasteiger partial charge in [0.1, 0.15) is 0 Å². The van der Waals surface area contributed by atoms with Gasteiger partial charge in [0, 0.05) is 0 Å². The van der Waals surface area contributed by atoms with Crippen LogP contribution in [0.3, 0.4) is 0 Å². The number of carboxylic acid groups (broad SMARTS) is 1. The van der Waals surface area contributed by atoms with Gasteiger partial charge in [-0.1, -0.05) is 0 Å². The molecule has 8 nitrogen and oxygen atoms in total. The summed E-state index contributed by atoms with van der Waals surface area (Å²) in [6.07, 6.45) is 0. The van der Waals surface area contributed by atoms with Crippen LogP contribution in [0.4, 0.5) is 0 Å². The molecule has 1 aromatic carbocycles. The molecular formula is C9H12O8P2. The van der Waals surface area contributed by atoms with E-state index in [0.29, 0.717) is 6.07 Å². The summed E-state index contributed by atoms with van der Waals surface area (Å²) in [4.78, 5) is 47.6. The highest BCUT2D eigenvalue weighted by molar-refractivity contribution is 7.67. The average molecular weight is 310 g/mol. The molecule has 0 saturated carbocycles. The van der Waals surface area contributed by atoms with E-state index in [9.17, 15) is 23.7 Å². The second kappa shape index (κ2) is 4.83. The van der Waals surface area contributed by atoms with Gasteiger partial charge in [0.15, 0.2) is 0 Å². The van der Waals surface area contributed by atoms with Gasteiger partial charge < -0.3 is 24.7 Å². The quantitative estimate of drug-likeness (QED) is 0.473. The van der Waals surface area contributed by atoms with Gasteiger partial charge >= 0.3 is 21.2 Å². The van der Waals surface area contributed by atoms with Crippen LogP contribution in [0.2, 0.25) is 0 Å². The summed E-state index contributed by atoms with van der Waals surface area (Å²) in [5.41, 5.74) is -0.511. The maximum absolute atomic E-state index is 11.4. The first-order valence-electron chi connectivity index (χ1n) is 4.87. The van der Waals surface area contributed by atoms with Gasteiger partial charge in [-0.25, -0.2) is 4.79 Å². The van der Waals surface area contributed by atoms with Crippen LogP contribution in [0.1, 0.15) is 21.5 Å². The average Bonchev–Trinajstić information content (AvgIpc) is 2.17. The fraction of sp³-hybridized carbons (Fsp3) is 0.222. The van der Waals surface area contributed by atoms with Gasteiger partial charge in [0.2, 0.25) is 0 Å². The molecule has 1 rings (SSSR count). The molecule has 0 aliphatic rings. The molecule has 0 saturated heterocycles. The van der Waals surface area contributed by atoms with Crippen LogP contribution >= 0.6 is 15.2 Å². The Morgan fingerprint density at radius 1 is 1.00 bits per heavy atom.